The van der Waals surface area contributed by atoms with Crippen molar-refractivity contribution >= 4 is 5.91 Å². The molecule has 0 bridgehead atoms. The Kier molecular flexibility index (Phi) is 6.63. The standard InChI is InChI=1S/C25H33N3O/c1-19-16-22(12-13-26-19)25(29)27-17-23-6-2-3-7-24(23)21-10-8-20(9-11-21)18-28-14-4-5-15-28/h2-3,6-11,19,22,26H,4-5,12-18H2,1H3,(H,27,29)/t19-,22-/m0/s1. The zero-order valence-corrected chi connectivity index (χ0v) is 17.5. The van der Waals surface area contributed by atoms with Crippen molar-refractivity contribution < 1.29 is 4.79 Å². The van der Waals surface area contributed by atoms with E-state index in [0.717, 1.165) is 25.9 Å². The number of amides is 1. The minimum absolute atomic E-state index is 0.128. The van der Waals surface area contributed by atoms with Crippen LogP contribution in [0.3, 0.4) is 0 Å². The van der Waals surface area contributed by atoms with Gasteiger partial charge in [-0.3, -0.25) is 9.69 Å². The van der Waals surface area contributed by atoms with Crippen molar-refractivity contribution in [2.45, 2.75) is 51.7 Å². The van der Waals surface area contributed by atoms with Crippen LogP contribution in [0.25, 0.3) is 11.1 Å². The van der Waals surface area contributed by atoms with Gasteiger partial charge in [-0.1, -0.05) is 48.5 Å². The number of nitrogens with zero attached hydrogens (tertiary/aromatic N) is 1. The topological polar surface area (TPSA) is 44.4 Å². The molecule has 2 saturated heterocycles. The fraction of sp³-hybridized carbons (Fsp3) is 0.480. The molecule has 4 nitrogen and oxygen atoms in total. The average molecular weight is 392 g/mol. The molecule has 154 valence electrons. The predicted molar refractivity (Wildman–Crippen MR) is 118 cm³/mol. The Hall–Kier alpha value is -2.17. The lowest BCUT2D eigenvalue weighted by molar-refractivity contribution is -0.126. The van der Waals surface area contributed by atoms with Crippen LogP contribution in [0.2, 0.25) is 0 Å². The zero-order valence-electron chi connectivity index (χ0n) is 17.5. The van der Waals surface area contributed by atoms with Crippen molar-refractivity contribution in [3.8, 4) is 11.1 Å². The number of rotatable bonds is 6. The molecule has 4 rings (SSSR count). The molecule has 2 aromatic rings. The Labute approximate surface area is 174 Å². The number of benzene rings is 2. The van der Waals surface area contributed by atoms with Crippen LogP contribution in [-0.4, -0.2) is 36.5 Å². The molecule has 2 heterocycles. The maximum atomic E-state index is 12.6. The van der Waals surface area contributed by atoms with Gasteiger partial charge < -0.3 is 10.6 Å². The van der Waals surface area contributed by atoms with Gasteiger partial charge in [-0.15, -0.1) is 0 Å². The van der Waals surface area contributed by atoms with E-state index >= 15 is 0 Å². The molecule has 29 heavy (non-hydrogen) atoms. The van der Waals surface area contributed by atoms with Gasteiger partial charge in [0.15, 0.2) is 0 Å². The first-order chi connectivity index (χ1) is 14.2. The highest BCUT2D eigenvalue weighted by Gasteiger charge is 2.24. The van der Waals surface area contributed by atoms with Crippen molar-refractivity contribution in [3.63, 3.8) is 0 Å². The highest BCUT2D eigenvalue weighted by Crippen LogP contribution is 2.25. The molecular weight excluding hydrogens is 358 g/mol. The molecule has 2 N–H and O–H groups in total. The maximum absolute atomic E-state index is 12.6. The van der Waals surface area contributed by atoms with Gasteiger partial charge in [-0.05, 0) is 74.5 Å². The summed E-state index contributed by atoms with van der Waals surface area (Å²) in [5.74, 6) is 0.317. The molecule has 1 amide bonds. The van der Waals surface area contributed by atoms with Gasteiger partial charge in [0, 0.05) is 25.0 Å². The lowest BCUT2D eigenvalue weighted by Gasteiger charge is -2.27. The van der Waals surface area contributed by atoms with Crippen LogP contribution in [0.15, 0.2) is 48.5 Å². The Morgan fingerprint density at radius 2 is 1.86 bits per heavy atom. The Morgan fingerprint density at radius 1 is 1.10 bits per heavy atom. The van der Waals surface area contributed by atoms with E-state index in [0.29, 0.717) is 12.6 Å². The molecule has 4 heteroatoms. The minimum atomic E-state index is 0.128. The van der Waals surface area contributed by atoms with E-state index in [9.17, 15) is 4.79 Å². The van der Waals surface area contributed by atoms with Crippen molar-refractivity contribution in [2.75, 3.05) is 19.6 Å². The quantitative estimate of drug-likeness (QED) is 0.784. The number of hydrogen-bond donors (Lipinski definition) is 2. The predicted octanol–water partition coefficient (Wildman–Crippen LogP) is 3.95. The van der Waals surface area contributed by atoms with Crippen LogP contribution >= 0.6 is 0 Å². The summed E-state index contributed by atoms with van der Waals surface area (Å²) in [4.78, 5) is 15.2. The highest BCUT2D eigenvalue weighted by molar-refractivity contribution is 5.79. The summed E-state index contributed by atoms with van der Waals surface area (Å²) in [7, 11) is 0. The van der Waals surface area contributed by atoms with Gasteiger partial charge in [0.2, 0.25) is 5.91 Å². The largest absolute Gasteiger partial charge is 0.352 e. The second kappa shape index (κ2) is 9.55. The average Bonchev–Trinajstić information content (AvgIpc) is 3.26. The van der Waals surface area contributed by atoms with Crippen LogP contribution < -0.4 is 10.6 Å². The molecule has 0 saturated carbocycles. The van der Waals surface area contributed by atoms with Gasteiger partial charge in [-0.2, -0.15) is 0 Å². The zero-order chi connectivity index (χ0) is 20.1. The van der Waals surface area contributed by atoms with Crippen molar-refractivity contribution in [3.05, 3.63) is 59.7 Å². The van der Waals surface area contributed by atoms with Crippen LogP contribution in [0.5, 0.6) is 0 Å². The van der Waals surface area contributed by atoms with E-state index in [4.69, 9.17) is 0 Å². The maximum Gasteiger partial charge on any atom is 0.223 e. The fourth-order valence-electron chi connectivity index (χ4n) is 4.64. The molecule has 0 spiro atoms. The number of likely N-dealkylation sites (tertiary alicyclic amines) is 1. The van der Waals surface area contributed by atoms with Crippen molar-refractivity contribution in [1.82, 2.24) is 15.5 Å². The lowest BCUT2D eigenvalue weighted by Crippen LogP contribution is -2.42. The molecular formula is C25H33N3O. The Bertz CT molecular complexity index is 811. The van der Waals surface area contributed by atoms with Crippen LogP contribution in [0, 0.1) is 5.92 Å². The van der Waals surface area contributed by atoms with Crippen molar-refractivity contribution in [2.24, 2.45) is 5.92 Å². The third kappa shape index (κ3) is 5.26. The van der Waals surface area contributed by atoms with E-state index in [1.807, 2.05) is 0 Å². The summed E-state index contributed by atoms with van der Waals surface area (Å²) >= 11 is 0. The monoisotopic (exact) mass is 391 g/mol. The van der Waals surface area contributed by atoms with E-state index < -0.39 is 0 Å². The summed E-state index contributed by atoms with van der Waals surface area (Å²) in [6, 6.07) is 17.8. The first-order valence-electron chi connectivity index (χ1n) is 11.1. The van der Waals surface area contributed by atoms with Gasteiger partial charge in [0.05, 0.1) is 0 Å². The second-order valence-electron chi connectivity index (χ2n) is 8.63. The third-order valence-electron chi connectivity index (χ3n) is 6.33. The summed E-state index contributed by atoms with van der Waals surface area (Å²) in [5, 5.41) is 6.60. The minimum Gasteiger partial charge on any atom is -0.352 e. The van der Waals surface area contributed by atoms with E-state index in [1.54, 1.807) is 0 Å². The summed E-state index contributed by atoms with van der Waals surface area (Å²) in [6.07, 6.45) is 4.50. The number of piperidine rings is 1. The van der Waals surface area contributed by atoms with Gasteiger partial charge in [0.1, 0.15) is 0 Å². The molecule has 2 aliphatic rings. The molecule has 2 atom stereocenters. The summed E-state index contributed by atoms with van der Waals surface area (Å²) in [6.45, 7) is 7.16. The first kappa shape index (κ1) is 20.1. The third-order valence-corrected chi connectivity index (χ3v) is 6.33. The first-order valence-corrected chi connectivity index (χ1v) is 11.1. The number of carbonyl (C=O) groups excluding carboxylic acids is 1. The van der Waals surface area contributed by atoms with E-state index in [2.05, 4.69) is 71.0 Å². The molecule has 0 unspecified atom stereocenters. The molecule has 0 aliphatic carbocycles. The SMILES string of the molecule is C[C@H]1C[C@@H](C(=O)NCc2ccccc2-c2ccc(CN3CCCC3)cc2)CCN1. The van der Waals surface area contributed by atoms with E-state index in [-0.39, 0.29) is 11.8 Å². The van der Waals surface area contributed by atoms with E-state index in [1.165, 1.54) is 48.2 Å². The Balaban J connectivity index is 1.40. The molecule has 0 aromatic heterocycles. The van der Waals surface area contributed by atoms with Gasteiger partial charge in [-0.25, -0.2) is 0 Å². The highest BCUT2D eigenvalue weighted by atomic mass is 16.1. The number of carbonyl (C=O) groups is 1. The molecule has 2 aromatic carbocycles. The Morgan fingerprint density at radius 3 is 2.62 bits per heavy atom. The van der Waals surface area contributed by atoms with Gasteiger partial charge in [0.25, 0.3) is 0 Å². The normalized spacial score (nSPS) is 22.5. The van der Waals surface area contributed by atoms with Crippen LogP contribution in [0.1, 0.15) is 43.7 Å². The van der Waals surface area contributed by atoms with Crippen LogP contribution in [0.4, 0.5) is 0 Å². The lowest BCUT2D eigenvalue weighted by atomic mass is 9.92. The number of hydrogen-bond acceptors (Lipinski definition) is 3. The van der Waals surface area contributed by atoms with Gasteiger partial charge >= 0.3 is 0 Å². The number of nitrogens with one attached hydrogen (secondary N) is 2. The summed E-state index contributed by atoms with van der Waals surface area (Å²) in [5.41, 5.74) is 4.98. The summed E-state index contributed by atoms with van der Waals surface area (Å²) < 4.78 is 0. The molecule has 2 aliphatic heterocycles. The smallest absolute Gasteiger partial charge is 0.223 e. The molecule has 2 fully saturated rings. The second-order valence-corrected chi connectivity index (χ2v) is 8.63. The van der Waals surface area contributed by atoms with Crippen molar-refractivity contribution in [1.29, 1.82) is 0 Å². The molecule has 0 radical (unpaired) electrons. The fourth-order valence-corrected chi connectivity index (χ4v) is 4.64. The van der Waals surface area contributed by atoms with Crippen LogP contribution in [-0.2, 0) is 17.9 Å².